The first-order chi connectivity index (χ1) is 10.1. The zero-order valence-corrected chi connectivity index (χ0v) is 12.5. The van der Waals surface area contributed by atoms with E-state index in [1.807, 2.05) is 13.0 Å². The van der Waals surface area contributed by atoms with Gasteiger partial charge in [-0.2, -0.15) is 0 Å². The minimum absolute atomic E-state index is 0.00917. The lowest BCUT2D eigenvalue weighted by molar-refractivity contribution is 0.0951. The fourth-order valence-corrected chi connectivity index (χ4v) is 3.47. The summed E-state index contributed by atoms with van der Waals surface area (Å²) >= 11 is 1.43. The van der Waals surface area contributed by atoms with E-state index in [1.165, 1.54) is 22.0 Å². The number of carbonyl (C=O) groups excluding carboxylic acids is 2. The zero-order chi connectivity index (χ0) is 15.0. The number of pyridine rings is 1. The molecule has 108 valence electrons. The molecule has 0 amide bonds. The van der Waals surface area contributed by atoms with Gasteiger partial charge in [-0.25, -0.2) is 0 Å². The second kappa shape index (κ2) is 5.41. The Balaban J connectivity index is 1.99. The van der Waals surface area contributed by atoms with Gasteiger partial charge in [0.05, 0.1) is 11.4 Å². The van der Waals surface area contributed by atoms with Crippen molar-refractivity contribution in [1.29, 1.82) is 0 Å². The Morgan fingerprint density at radius 3 is 2.71 bits per heavy atom. The molecule has 0 unspecified atom stereocenters. The van der Waals surface area contributed by atoms with Crippen molar-refractivity contribution in [2.45, 2.75) is 32.7 Å². The molecule has 0 saturated heterocycles. The summed E-state index contributed by atoms with van der Waals surface area (Å²) < 4.78 is 1.46. The molecular weight excluding hydrogens is 286 g/mol. The van der Waals surface area contributed by atoms with E-state index in [0.29, 0.717) is 29.0 Å². The number of thiophene rings is 1. The molecule has 2 heterocycles. The third kappa shape index (κ3) is 2.61. The van der Waals surface area contributed by atoms with E-state index in [-0.39, 0.29) is 23.7 Å². The van der Waals surface area contributed by atoms with Gasteiger partial charge >= 0.3 is 0 Å². The highest BCUT2D eigenvalue weighted by Crippen LogP contribution is 2.21. The molecule has 0 saturated carbocycles. The Morgan fingerprint density at radius 2 is 2.00 bits per heavy atom. The van der Waals surface area contributed by atoms with Gasteiger partial charge in [-0.15, -0.1) is 11.3 Å². The normalized spacial score (nSPS) is 14.0. The van der Waals surface area contributed by atoms with Crippen LogP contribution in [-0.2, 0) is 13.0 Å². The average molecular weight is 301 g/mol. The summed E-state index contributed by atoms with van der Waals surface area (Å²) in [4.78, 5) is 38.0. The van der Waals surface area contributed by atoms with Crippen LogP contribution < -0.4 is 5.56 Å². The van der Waals surface area contributed by atoms with E-state index < -0.39 is 0 Å². The van der Waals surface area contributed by atoms with Crippen LogP contribution in [-0.4, -0.2) is 16.1 Å². The summed E-state index contributed by atoms with van der Waals surface area (Å²) in [5, 5.41) is 0. The minimum atomic E-state index is -0.218. The van der Waals surface area contributed by atoms with Crippen molar-refractivity contribution in [1.82, 2.24) is 4.57 Å². The molecule has 0 bridgehead atoms. The molecule has 0 aromatic carbocycles. The Labute approximate surface area is 126 Å². The number of nitrogens with zero attached hydrogens (tertiary/aromatic N) is 1. The summed E-state index contributed by atoms with van der Waals surface area (Å²) in [5.41, 5.74) is 1.08. The Kier molecular flexibility index (Phi) is 3.59. The first kappa shape index (κ1) is 13.9. The van der Waals surface area contributed by atoms with Gasteiger partial charge in [0.25, 0.3) is 5.56 Å². The van der Waals surface area contributed by atoms with Crippen molar-refractivity contribution in [3.05, 3.63) is 55.6 Å². The molecule has 3 rings (SSSR count). The van der Waals surface area contributed by atoms with Gasteiger partial charge in [-0.05, 0) is 38.0 Å². The van der Waals surface area contributed by atoms with E-state index >= 15 is 0 Å². The molecule has 0 radical (unpaired) electrons. The molecule has 4 nitrogen and oxygen atoms in total. The predicted octanol–water partition coefficient (Wildman–Crippen LogP) is 2.62. The molecule has 2 aromatic rings. The third-order valence-corrected chi connectivity index (χ3v) is 4.77. The van der Waals surface area contributed by atoms with Crippen LogP contribution in [0.2, 0.25) is 0 Å². The van der Waals surface area contributed by atoms with Crippen LogP contribution in [0.15, 0.2) is 29.1 Å². The second-order valence-electron chi connectivity index (χ2n) is 5.23. The maximum Gasteiger partial charge on any atom is 0.251 e. The first-order valence-electron chi connectivity index (χ1n) is 6.92. The number of aromatic nitrogens is 1. The second-order valence-corrected chi connectivity index (χ2v) is 6.52. The number of rotatable bonds is 3. The topological polar surface area (TPSA) is 56.1 Å². The fourth-order valence-electron chi connectivity index (χ4n) is 2.67. The van der Waals surface area contributed by atoms with E-state index in [2.05, 4.69) is 0 Å². The van der Waals surface area contributed by atoms with Gasteiger partial charge in [0.15, 0.2) is 11.6 Å². The molecular formula is C16H15NO3S. The summed E-state index contributed by atoms with van der Waals surface area (Å²) in [6.07, 6.45) is 1.93. The molecule has 5 heteroatoms. The van der Waals surface area contributed by atoms with Crippen molar-refractivity contribution in [2.75, 3.05) is 0 Å². The third-order valence-electron chi connectivity index (χ3n) is 3.73. The van der Waals surface area contributed by atoms with E-state index in [0.717, 1.165) is 11.3 Å². The summed E-state index contributed by atoms with van der Waals surface area (Å²) in [6.45, 7) is 1.95. The van der Waals surface area contributed by atoms with E-state index in [4.69, 9.17) is 0 Å². The van der Waals surface area contributed by atoms with Crippen LogP contribution >= 0.6 is 11.3 Å². The highest BCUT2D eigenvalue weighted by molar-refractivity contribution is 7.14. The summed E-state index contributed by atoms with van der Waals surface area (Å²) in [5.74, 6) is -0.0222. The monoisotopic (exact) mass is 301 g/mol. The highest BCUT2D eigenvalue weighted by Gasteiger charge is 2.22. The zero-order valence-electron chi connectivity index (χ0n) is 11.7. The quantitative estimate of drug-likeness (QED) is 0.819. The van der Waals surface area contributed by atoms with Gasteiger partial charge in [0, 0.05) is 28.6 Å². The molecule has 0 N–H and O–H groups in total. The SMILES string of the molecule is Cc1ccc(C(=O)Cn2c3c(ccc2=O)C(=O)CCC3)s1. The molecule has 0 spiro atoms. The number of hydrogen-bond acceptors (Lipinski definition) is 4. The molecule has 0 fully saturated rings. The fraction of sp³-hybridized carbons (Fsp3) is 0.312. The number of aryl methyl sites for hydroxylation is 1. The van der Waals surface area contributed by atoms with Crippen LogP contribution in [0.1, 0.15) is 43.4 Å². The lowest BCUT2D eigenvalue weighted by Gasteiger charge is -2.19. The predicted molar refractivity (Wildman–Crippen MR) is 81.4 cm³/mol. The Morgan fingerprint density at radius 1 is 1.19 bits per heavy atom. The number of carbonyl (C=O) groups is 2. The first-order valence-corrected chi connectivity index (χ1v) is 7.73. The smallest absolute Gasteiger partial charge is 0.251 e. The van der Waals surface area contributed by atoms with Crippen molar-refractivity contribution < 1.29 is 9.59 Å². The van der Waals surface area contributed by atoms with Crippen LogP contribution in [0.5, 0.6) is 0 Å². The van der Waals surface area contributed by atoms with Crippen LogP contribution in [0.3, 0.4) is 0 Å². The number of ketones is 2. The lowest BCUT2D eigenvalue weighted by Crippen LogP contribution is -2.30. The van der Waals surface area contributed by atoms with Gasteiger partial charge in [-0.1, -0.05) is 0 Å². The molecule has 1 aliphatic carbocycles. The number of Topliss-reactive ketones (excluding diaryl/α,β-unsaturated/α-hetero) is 2. The van der Waals surface area contributed by atoms with Gasteiger partial charge in [0.1, 0.15) is 0 Å². The lowest BCUT2D eigenvalue weighted by atomic mass is 9.94. The Hall–Kier alpha value is -2.01. The number of hydrogen-bond donors (Lipinski definition) is 0. The largest absolute Gasteiger partial charge is 0.304 e. The van der Waals surface area contributed by atoms with E-state index in [1.54, 1.807) is 12.1 Å². The van der Waals surface area contributed by atoms with Gasteiger partial charge < -0.3 is 4.57 Å². The summed E-state index contributed by atoms with van der Waals surface area (Å²) in [7, 11) is 0. The molecule has 2 aromatic heterocycles. The maximum atomic E-state index is 12.3. The van der Waals surface area contributed by atoms with Crippen molar-refractivity contribution >= 4 is 22.9 Å². The summed E-state index contributed by atoms with van der Waals surface area (Å²) in [6, 6.07) is 6.66. The van der Waals surface area contributed by atoms with Gasteiger partial charge in [0.2, 0.25) is 0 Å². The standard InChI is InChI=1S/C16H15NO3S/c1-10-5-7-15(21-10)14(19)9-17-12-3-2-4-13(18)11(12)6-8-16(17)20/h5-8H,2-4,9H2,1H3. The molecule has 0 atom stereocenters. The van der Waals surface area contributed by atoms with Crippen LogP contribution in [0, 0.1) is 6.92 Å². The van der Waals surface area contributed by atoms with Crippen molar-refractivity contribution in [2.24, 2.45) is 0 Å². The van der Waals surface area contributed by atoms with Crippen LogP contribution in [0.25, 0.3) is 0 Å². The van der Waals surface area contributed by atoms with Crippen LogP contribution in [0.4, 0.5) is 0 Å². The van der Waals surface area contributed by atoms with Crippen molar-refractivity contribution in [3.8, 4) is 0 Å². The number of fused-ring (bicyclic) bond motifs is 1. The van der Waals surface area contributed by atoms with Gasteiger partial charge in [-0.3, -0.25) is 14.4 Å². The molecule has 1 aliphatic rings. The highest BCUT2D eigenvalue weighted by atomic mass is 32.1. The maximum absolute atomic E-state index is 12.3. The molecule has 21 heavy (non-hydrogen) atoms. The van der Waals surface area contributed by atoms with Crippen molar-refractivity contribution in [3.63, 3.8) is 0 Å². The average Bonchev–Trinajstić information content (AvgIpc) is 2.89. The minimum Gasteiger partial charge on any atom is -0.304 e. The molecule has 0 aliphatic heterocycles. The van der Waals surface area contributed by atoms with E-state index in [9.17, 15) is 14.4 Å². The Bertz CT molecular complexity index is 785.